The standard InChI is InChI=1S/C17H21N3O/c21-16(13-20-11-3-1-2-4-12-20)19-15-9-5-7-14-8-6-10-18-17(14)15/h5-10H,1-4,11-13H2,(H,19,21). The van der Waals surface area contributed by atoms with Gasteiger partial charge < -0.3 is 5.32 Å². The van der Waals surface area contributed by atoms with Gasteiger partial charge in [0.1, 0.15) is 0 Å². The molecule has 4 heteroatoms. The Labute approximate surface area is 125 Å². The molecule has 21 heavy (non-hydrogen) atoms. The van der Waals surface area contributed by atoms with E-state index in [-0.39, 0.29) is 5.91 Å². The van der Waals surface area contributed by atoms with Gasteiger partial charge in [-0.1, -0.05) is 31.0 Å². The SMILES string of the molecule is O=C(CN1CCCCCC1)Nc1cccc2cccnc12. The zero-order chi connectivity index (χ0) is 14.5. The molecule has 3 rings (SSSR count). The summed E-state index contributed by atoms with van der Waals surface area (Å²) in [6, 6.07) is 9.78. The minimum Gasteiger partial charge on any atom is -0.323 e. The van der Waals surface area contributed by atoms with Crippen LogP contribution in [0.25, 0.3) is 10.9 Å². The first-order chi connectivity index (χ1) is 10.3. The predicted octanol–water partition coefficient (Wildman–Crippen LogP) is 3.05. The Morgan fingerprint density at radius 2 is 1.86 bits per heavy atom. The molecule has 2 heterocycles. The van der Waals surface area contributed by atoms with Gasteiger partial charge in [0, 0.05) is 11.6 Å². The number of para-hydroxylation sites is 1. The topological polar surface area (TPSA) is 45.2 Å². The van der Waals surface area contributed by atoms with E-state index in [1.807, 2.05) is 30.3 Å². The Balaban J connectivity index is 1.68. The zero-order valence-electron chi connectivity index (χ0n) is 12.2. The minimum absolute atomic E-state index is 0.0510. The highest BCUT2D eigenvalue weighted by Gasteiger charge is 2.13. The summed E-state index contributed by atoms with van der Waals surface area (Å²) in [4.78, 5) is 18.9. The Kier molecular flexibility index (Phi) is 4.46. The summed E-state index contributed by atoms with van der Waals surface area (Å²) in [6.45, 7) is 2.53. The average Bonchev–Trinajstić information content (AvgIpc) is 2.76. The number of aromatic nitrogens is 1. The van der Waals surface area contributed by atoms with E-state index in [4.69, 9.17) is 0 Å². The van der Waals surface area contributed by atoms with Crippen molar-refractivity contribution < 1.29 is 4.79 Å². The molecular formula is C17H21N3O. The third-order valence-electron chi connectivity index (χ3n) is 3.97. The van der Waals surface area contributed by atoms with Crippen LogP contribution in [0.5, 0.6) is 0 Å². The van der Waals surface area contributed by atoms with E-state index in [2.05, 4.69) is 15.2 Å². The summed E-state index contributed by atoms with van der Waals surface area (Å²) in [5.74, 6) is 0.0510. The molecule has 0 unspecified atom stereocenters. The molecule has 1 amide bonds. The van der Waals surface area contributed by atoms with E-state index in [0.717, 1.165) is 29.7 Å². The molecule has 0 spiro atoms. The summed E-state index contributed by atoms with van der Waals surface area (Å²) in [7, 11) is 0. The lowest BCUT2D eigenvalue weighted by molar-refractivity contribution is -0.117. The molecule has 4 nitrogen and oxygen atoms in total. The van der Waals surface area contributed by atoms with Crippen LogP contribution in [0, 0.1) is 0 Å². The number of nitrogens with zero attached hydrogens (tertiary/aromatic N) is 2. The minimum atomic E-state index is 0.0510. The molecule has 110 valence electrons. The van der Waals surface area contributed by atoms with Crippen molar-refractivity contribution in [2.75, 3.05) is 25.0 Å². The number of fused-ring (bicyclic) bond motifs is 1. The highest BCUT2D eigenvalue weighted by molar-refractivity contribution is 6.00. The molecule has 1 saturated heterocycles. The summed E-state index contributed by atoms with van der Waals surface area (Å²) >= 11 is 0. The van der Waals surface area contributed by atoms with Crippen LogP contribution in [-0.2, 0) is 4.79 Å². The van der Waals surface area contributed by atoms with Crippen molar-refractivity contribution in [2.45, 2.75) is 25.7 Å². The number of likely N-dealkylation sites (tertiary alicyclic amines) is 1. The van der Waals surface area contributed by atoms with Gasteiger partial charge in [0.2, 0.25) is 5.91 Å². The highest BCUT2D eigenvalue weighted by Crippen LogP contribution is 2.20. The van der Waals surface area contributed by atoms with E-state index >= 15 is 0 Å². The van der Waals surface area contributed by atoms with Gasteiger partial charge in [-0.25, -0.2) is 0 Å². The number of hydrogen-bond donors (Lipinski definition) is 1. The lowest BCUT2D eigenvalue weighted by Gasteiger charge is -2.19. The molecule has 0 saturated carbocycles. The first kappa shape index (κ1) is 14.0. The van der Waals surface area contributed by atoms with Crippen molar-refractivity contribution in [2.24, 2.45) is 0 Å². The fourth-order valence-electron chi connectivity index (χ4n) is 2.89. The van der Waals surface area contributed by atoms with E-state index in [1.165, 1.54) is 25.7 Å². The van der Waals surface area contributed by atoms with Gasteiger partial charge in [0.25, 0.3) is 0 Å². The molecular weight excluding hydrogens is 262 g/mol. The molecule has 1 aliphatic rings. The lowest BCUT2D eigenvalue weighted by atomic mass is 10.2. The van der Waals surface area contributed by atoms with Gasteiger partial charge >= 0.3 is 0 Å². The second-order valence-corrected chi connectivity index (χ2v) is 5.62. The molecule has 0 bridgehead atoms. The van der Waals surface area contributed by atoms with Crippen molar-refractivity contribution in [3.8, 4) is 0 Å². The van der Waals surface area contributed by atoms with E-state index in [9.17, 15) is 4.79 Å². The second-order valence-electron chi connectivity index (χ2n) is 5.62. The van der Waals surface area contributed by atoms with Crippen molar-refractivity contribution in [1.82, 2.24) is 9.88 Å². The molecule has 1 aromatic heterocycles. The van der Waals surface area contributed by atoms with Crippen LogP contribution in [0.4, 0.5) is 5.69 Å². The molecule has 0 atom stereocenters. The maximum absolute atomic E-state index is 12.3. The Morgan fingerprint density at radius 1 is 1.10 bits per heavy atom. The van der Waals surface area contributed by atoms with Crippen molar-refractivity contribution >= 4 is 22.5 Å². The van der Waals surface area contributed by atoms with E-state index in [1.54, 1.807) is 6.20 Å². The summed E-state index contributed by atoms with van der Waals surface area (Å²) < 4.78 is 0. The van der Waals surface area contributed by atoms with Crippen LogP contribution in [0.1, 0.15) is 25.7 Å². The monoisotopic (exact) mass is 283 g/mol. The molecule has 1 aliphatic heterocycles. The summed E-state index contributed by atoms with van der Waals surface area (Å²) in [5, 5.41) is 4.06. The number of rotatable bonds is 3. The molecule has 0 aliphatic carbocycles. The summed E-state index contributed by atoms with van der Waals surface area (Å²) in [6.07, 6.45) is 6.72. The molecule has 0 radical (unpaired) electrons. The third kappa shape index (κ3) is 3.58. The second kappa shape index (κ2) is 6.68. The number of benzene rings is 1. The first-order valence-electron chi connectivity index (χ1n) is 7.69. The van der Waals surface area contributed by atoms with Gasteiger partial charge in [-0.2, -0.15) is 0 Å². The van der Waals surface area contributed by atoms with Crippen LogP contribution in [0.3, 0.4) is 0 Å². The number of anilines is 1. The predicted molar refractivity (Wildman–Crippen MR) is 85.3 cm³/mol. The fraction of sp³-hybridized carbons (Fsp3) is 0.412. The van der Waals surface area contributed by atoms with Crippen LogP contribution >= 0.6 is 0 Å². The average molecular weight is 283 g/mol. The van der Waals surface area contributed by atoms with Gasteiger partial charge in [0.15, 0.2) is 0 Å². The van der Waals surface area contributed by atoms with Gasteiger partial charge in [0.05, 0.1) is 17.7 Å². The number of amides is 1. The van der Waals surface area contributed by atoms with Crippen LogP contribution in [0.2, 0.25) is 0 Å². The van der Waals surface area contributed by atoms with Crippen molar-refractivity contribution in [3.05, 3.63) is 36.5 Å². The van der Waals surface area contributed by atoms with Gasteiger partial charge in [-0.05, 0) is 38.1 Å². The smallest absolute Gasteiger partial charge is 0.238 e. The van der Waals surface area contributed by atoms with Gasteiger partial charge in [-0.15, -0.1) is 0 Å². The fourth-order valence-corrected chi connectivity index (χ4v) is 2.89. The quantitative estimate of drug-likeness (QED) is 0.941. The van der Waals surface area contributed by atoms with Gasteiger partial charge in [-0.3, -0.25) is 14.7 Å². The largest absolute Gasteiger partial charge is 0.323 e. The zero-order valence-corrected chi connectivity index (χ0v) is 12.2. The molecule has 2 aromatic rings. The number of pyridine rings is 1. The van der Waals surface area contributed by atoms with Crippen LogP contribution in [-0.4, -0.2) is 35.4 Å². The Bertz CT molecular complexity index is 613. The van der Waals surface area contributed by atoms with E-state index in [0.29, 0.717) is 6.54 Å². The van der Waals surface area contributed by atoms with Crippen molar-refractivity contribution in [1.29, 1.82) is 0 Å². The number of hydrogen-bond acceptors (Lipinski definition) is 3. The molecule has 1 aromatic carbocycles. The number of carbonyl (C=O) groups excluding carboxylic acids is 1. The van der Waals surface area contributed by atoms with Crippen LogP contribution < -0.4 is 5.32 Å². The van der Waals surface area contributed by atoms with Crippen molar-refractivity contribution in [3.63, 3.8) is 0 Å². The first-order valence-corrected chi connectivity index (χ1v) is 7.69. The molecule has 1 fully saturated rings. The third-order valence-corrected chi connectivity index (χ3v) is 3.97. The maximum atomic E-state index is 12.3. The Hall–Kier alpha value is -1.94. The number of nitrogens with one attached hydrogen (secondary N) is 1. The van der Waals surface area contributed by atoms with E-state index < -0.39 is 0 Å². The normalized spacial score (nSPS) is 16.6. The maximum Gasteiger partial charge on any atom is 0.238 e. The van der Waals surface area contributed by atoms with Crippen LogP contribution in [0.15, 0.2) is 36.5 Å². The summed E-state index contributed by atoms with van der Waals surface area (Å²) in [5.41, 5.74) is 1.65. The highest BCUT2D eigenvalue weighted by atomic mass is 16.2. The molecule has 1 N–H and O–H groups in total. The lowest BCUT2D eigenvalue weighted by Crippen LogP contribution is -2.33. The number of carbonyl (C=O) groups is 1. The Morgan fingerprint density at radius 3 is 2.67 bits per heavy atom.